The van der Waals surface area contributed by atoms with Gasteiger partial charge in [-0.1, -0.05) is 0 Å². The maximum atomic E-state index is 9.02. The van der Waals surface area contributed by atoms with E-state index in [4.69, 9.17) is 3.67 Å². The third-order valence-electron chi connectivity index (χ3n) is 0. The fraction of sp³-hybridized carbons (Fsp3) is 0. The minimum absolute atomic E-state index is 0. The molecule has 0 bridgehead atoms. The van der Waals surface area contributed by atoms with Gasteiger partial charge >= 0.3 is 62.6 Å². The second-order valence-electron chi connectivity index (χ2n) is 0.183. The summed E-state index contributed by atoms with van der Waals surface area (Å²) >= 11 is 1.10. The Labute approximate surface area is 77.8 Å². The molecule has 0 rings (SSSR count). The Balaban J connectivity index is -0.0000000200. The molecule has 0 spiro atoms. The van der Waals surface area contributed by atoms with E-state index in [1.807, 2.05) is 0 Å². The van der Waals surface area contributed by atoms with Gasteiger partial charge in [0.1, 0.15) is 0 Å². The third kappa shape index (κ3) is 21.2. The van der Waals surface area contributed by atoms with E-state index in [1.54, 1.807) is 15.5 Å². The van der Waals surface area contributed by atoms with E-state index in [-0.39, 0.29) is 46.0 Å². The predicted octanol–water partition coefficient (Wildman–Crippen LogP) is -1.15. The quantitative estimate of drug-likeness (QED) is 0.405. The summed E-state index contributed by atoms with van der Waals surface area (Å²) in [7, 11) is 0. The van der Waals surface area contributed by atoms with Crippen LogP contribution in [0.1, 0.15) is 0 Å². The molecule has 1 nitrogen and oxygen atoms in total. The standard InChI is InChI=1S/Li.Na.Ni.O.V.H. The second-order valence-corrected chi connectivity index (χ2v) is 0.753. The smallest absolute Gasteiger partial charge is 0 e. The van der Waals surface area contributed by atoms with Gasteiger partial charge in [-0.2, -0.15) is 0 Å². The van der Waals surface area contributed by atoms with Crippen molar-refractivity contribution in [3.63, 3.8) is 0 Å². The minimum Gasteiger partial charge on any atom is 0 e. The van der Waals surface area contributed by atoms with Crippen molar-refractivity contribution in [3.8, 4) is 0 Å². The molecule has 0 aliphatic heterocycles. The van der Waals surface area contributed by atoms with Gasteiger partial charge in [-0.3, -0.25) is 0 Å². The van der Waals surface area contributed by atoms with Crippen LogP contribution >= 0.6 is 0 Å². The maximum Gasteiger partial charge on any atom is 0 e. The molecule has 0 unspecified atom stereocenters. The van der Waals surface area contributed by atoms with Crippen LogP contribution in [0.2, 0.25) is 0 Å². The van der Waals surface area contributed by atoms with Gasteiger partial charge in [0, 0.05) is 16.5 Å². The van der Waals surface area contributed by atoms with Crippen LogP contribution in [0.15, 0.2) is 0 Å². The normalized spacial score (nSPS) is 2.80. The van der Waals surface area contributed by atoms with E-state index in [9.17, 15) is 0 Å². The zero-order valence-corrected chi connectivity index (χ0v) is 4.56. The fourth-order valence-corrected chi connectivity index (χ4v) is 0. The largest absolute Gasteiger partial charge is 0 e. The first-order valence-corrected chi connectivity index (χ1v) is 2.60. The predicted molar refractivity (Wildman–Crippen MR) is 13.6 cm³/mol. The summed E-state index contributed by atoms with van der Waals surface area (Å²) < 4.78 is 9.02. The van der Waals surface area contributed by atoms with Crippen LogP contribution in [-0.2, 0) is 34.1 Å². The van der Waals surface area contributed by atoms with Crippen LogP contribution in [0.25, 0.3) is 0 Å². The molecule has 0 heterocycles. The van der Waals surface area contributed by atoms with Crippen LogP contribution in [0.4, 0.5) is 0 Å². The molecule has 0 fully saturated rings. The van der Waals surface area contributed by atoms with Gasteiger partial charge in [0.2, 0.25) is 0 Å². The third-order valence-corrected chi connectivity index (χ3v) is 0. The van der Waals surface area contributed by atoms with Gasteiger partial charge in [-0.15, -0.1) is 0 Å². The average molecular weight is 157 g/mol. The molecule has 0 aliphatic carbocycles. The molecule has 0 N–H and O–H groups in total. The van der Waals surface area contributed by atoms with Crippen molar-refractivity contribution >= 4 is 45.0 Å². The molecule has 0 aliphatic rings. The van der Waals surface area contributed by atoms with Crippen LogP contribution in [0.3, 0.4) is 0 Å². The molecule has 0 amide bonds. The molecule has 0 saturated heterocycles. The zero-order valence-electron chi connectivity index (χ0n) is 2.17. The molecule has 5 heteroatoms. The number of hydrogen-bond acceptors (Lipinski definition) is 1. The first kappa shape index (κ1) is 15.6. The Kier molecular flexibility index (Phi) is 50.3. The number of hydrogen-bond donors (Lipinski definition) is 0. The van der Waals surface area contributed by atoms with Gasteiger partial charge < -0.3 is 0 Å². The molecule has 24 valence electrons. The minimum atomic E-state index is -0.562. The summed E-state index contributed by atoms with van der Waals surface area (Å²) in [5.41, 5.74) is 0. The summed E-state index contributed by atoms with van der Waals surface area (Å²) in [6.45, 7) is 0. The molecular formula is HLiNaNiOV. The van der Waals surface area contributed by atoms with Crippen LogP contribution in [0, 0.1) is 0 Å². The van der Waals surface area contributed by atoms with E-state index >= 15 is 0 Å². The fourth-order valence-electron chi connectivity index (χ4n) is 0. The summed E-state index contributed by atoms with van der Waals surface area (Å²) in [5.74, 6) is 0. The Morgan fingerprint density at radius 1 is 1.60 bits per heavy atom. The first-order chi connectivity index (χ1) is 1.41. The summed E-state index contributed by atoms with van der Waals surface area (Å²) in [5, 5.41) is 0. The van der Waals surface area contributed by atoms with Crippen molar-refractivity contribution in [2.75, 3.05) is 0 Å². The number of rotatable bonds is 0. The molecule has 0 aromatic carbocycles. The molecule has 0 atom stereocenters. The molecular weight excluding hydrogens is 156 g/mol. The average Bonchev–Trinajstić information content (AvgIpc) is 0.918. The zero-order chi connectivity index (χ0) is 2.71. The van der Waals surface area contributed by atoms with E-state index in [1.165, 1.54) is 0 Å². The molecule has 0 radical (unpaired) electrons. The summed E-state index contributed by atoms with van der Waals surface area (Å²) in [6.07, 6.45) is 0. The van der Waals surface area contributed by atoms with Crippen molar-refractivity contribution in [3.05, 3.63) is 0 Å². The Morgan fingerprint density at radius 2 is 1.60 bits per heavy atom. The van der Waals surface area contributed by atoms with Gasteiger partial charge in [0.15, 0.2) is 0 Å². The van der Waals surface area contributed by atoms with Gasteiger partial charge in [0.25, 0.3) is 0 Å². The van der Waals surface area contributed by atoms with Gasteiger partial charge in [-0.05, 0) is 0 Å². The van der Waals surface area contributed by atoms with Gasteiger partial charge in [-0.25, -0.2) is 0 Å². The molecule has 0 saturated carbocycles. The SMILES string of the molecule is [Li][V]=[O].[NaH].[Ni]. The van der Waals surface area contributed by atoms with E-state index < -0.39 is 13.9 Å². The van der Waals surface area contributed by atoms with Crippen LogP contribution < -0.4 is 0 Å². The molecule has 0 aromatic rings. The second kappa shape index (κ2) is 16.1. The van der Waals surface area contributed by atoms with E-state index in [0.717, 1.165) is 0 Å². The van der Waals surface area contributed by atoms with Crippen LogP contribution in [-0.4, -0.2) is 45.0 Å². The summed E-state index contributed by atoms with van der Waals surface area (Å²) in [6, 6.07) is 0. The Hall–Kier alpha value is 2.48. The van der Waals surface area contributed by atoms with Crippen molar-refractivity contribution in [1.82, 2.24) is 0 Å². The molecule has 5 heavy (non-hydrogen) atoms. The van der Waals surface area contributed by atoms with Crippen molar-refractivity contribution in [1.29, 1.82) is 0 Å². The topological polar surface area (TPSA) is 17.1 Å². The Bertz CT molecular complexity index is 19.1. The molecule has 0 aromatic heterocycles. The van der Waals surface area contributed by atoms with Crippen molar-refractivity contribution < 1.29 is 34.1 Å². The van der Waals surface area contributed by atoms with Crippen molar-refractivity contribution in [2.45, 2.75) is 0 Å². The monoisotopic (exact) mass is 156 g/mol. The van der Waals surface area contributed by atoms with E-state index in [2.05, 4.69) is 0 Å². The van der Waals surface area contributed by atoms with E-state index in [0.29, 0.717) is 0 Å². The summed E-state index contributed by atoms with van der Waals surface area (Å²) in [4.78, 5) is 0. The first-order valence-electron chi connectivity index (χ1n) is 0.630. The maximum absolute atomic E-state index is 9.02. The van der Waals surface area contributed by atoms with Crippen LogP contribution in [0.5, 0.6) is 0 Å². The van der Waals surface area contributed by atoms with Gasteiger partial charge in [0.05, 0.1) is 0 Å². The Morgan fingerprint density at radius 3 is 1.60 bits per heavy atom. The van der Waals surface area contributed by atoms with Crippen molar-refractivity contribution in [2.24, 2.45) is 0 Å².